The van der Waals surface area contributed by atoms with E-state index in [9.17, 15) is 14.4 Å². The average Bonchev–Trinajstić information content (AvgIpc) is 2.37. The van der Waals surface area contributed by atoms with Gasteiger partial charge in [0.15, 0.2) is 5.78 Å². The van der Waals surface area contributed by atoms with Crippen LogP contribution in [0.1, 0.15) is 43.1 Å². The molecule has 20 heavy (non-hydrogen) atoms. The second kappa shape index (κ2) is 7.75. The van der Waals surface area contributed by atoms with Gasteiger partial charge in [0.05, 0.1) is 5.92 Å². The van der Waals surface area contributed by atoms with Crippen molar-refractivity contribution in [3.05, 3.63) is 29.0 Å². The molecule has 1 atom stereocenters. The number of carboxylic acids is 1. The van der Waals surface area contributed by atoms with E-state index < -0.39 is 11.9 Å². The van der Waals surface area contributed by atoms with Crippen LogP contribution in [0.5, 0.6) is 0 Å². The Morgan fingerprint density at radius 2 is 2.05 bits per heavy atom. The van der Waals surface area contributed by atoms with Crippen molar-refractivity contribution >= 4 is 29.1 Å². The van der Waals surface area contributed by atoms with Gasteiger partial charge in [0.1, 0.15) is 11.5 Å². The molecule has 5 nitrogen and oxygen atoms in total. The smallest absolute Gasteiger partial charge is 0.303 e. The lowest BCUT2D eigenvalue weighted by molar-refractivity contribution is -0.137. The number of carbonyl (C=O) groups excluding carboxylic acids is 2. The lowest BCUT2D eigenvalue weighted by Crippen LogP contribution is -2.23. The van der Waals surface area contributed by atoms with E-state index in [4.69, 9.17) is 16.7 Å². The van der Waals surface area contributed by atoms with Crippen LogP contribution in [0.4, 0.5) is 0 Å². The molecule has 0 aliphatic carbocycles. The highest BCUT2D eigenvalue weighted by atomic mass is 35.5. The summed E-state index contributed by atoms with van der Waals surface area (Å²) in [5.41, 5.74) is 0.163. The lowest BCUT2D eigenvalue weighted by Gasteiger charge is -2.12. The molecule has 0 aromatic carbocycles. The van der Waals surface area contributed by atoms with Gasteiger partial charge in [-0.2, -0.15) is 0 Å². The summed E-state index contributed by atoms with van der Waals surface area (Å²) in [5, 5.41) is 8.93. The summed E-state index contributed by atoms with van der Waals surface area (Å²) < 4.78 is 0. The number of Topliss-reactive ketones (excluding diaryl/α,β-unsaturated/α-hetero) is 2. The normalized spacial score (nSPS) is 11.9. The number of carboxylic acid groups (broad SMARTS) is 1. The van der Waals surface area contributed by atoms with E-state index in [-0.39, 0.29) is 23.7 Å². The number of unbranched alkanes of at least 4 members (excludes halogenated alkanes) is 1. The average molecular weight is 298 g/mol. The summed E-state index contributed by atoms with van der Waals surface area (Å²) in [4.78, 5) is 38.1. The van der Waals surface area contributed by atoms with Crippen molar-refractivity contribution in [2.24, 2.45) is 5.92 Å². The second-order valence-corrected chi connectivity index (χ2v) is 4.96. The zero-order chi connectivity index (χ0) is 15.1. The number of aliphatic carboxylic acids is 1. The van der Waals surface area contributed by atoms with Gasteiger partial charge in [-0.3, -0.25) is 19.4 Å². The van der Waals surface area contributed by atoms with Crippen molar-refractivity contribution in [2.75, 3.05) is 0 Å². The molecule has 1 N–H and O–H groups in total. The Hall–Kier alpha value is -1.75. The van der Waals surface area contributed by atoms with Crippen LogP contribution in [0.3, 0.4) is 0 Å². The van der Waals surface area contributed by atoms with Gasteiger partial charge in [-0.1, -0.05) is 18.0 Å². The van der Waals surface area contributed by atoms with E-state index in [2.05, 4.69) is 4.98 Å². The third-order valence-corrected chi connectivity index (χ3v) is 3.15. The summed E-state index contributed by atoms with van der Waals surface area (Å²) in [5.74, 6) is -2.27. The third-order valence-electron chi connectivity index (χ3n) is 2.92. The maximum atomic E-state index is 12.2. The molecular formula is C14H16ClNO4. The molecule has 1 aromatic rings. The van der Waals surface area contributed by atoms with E-state index in [1.165, 1.54) is 19.2 Å². The molecule has 1 aromatic heterocycles. The highest BCUT2D eigenvalue weighted by Gasteiger charge is 2.25. The van der Waals surface area contributed by atoms with Crippen LogP contribution >= 0.6 is 11.6 Å². The Morgan fingerprint density at radius 3 is 2.60 bits per heavy atom. The van der Waals surface area contributed by atoms with E-state index in [0.29, 0.717) is 24.3 Å². The van der Waals surface area contributed by atoms with Crippen LogP contribution in [0.15, 0.2) is 18.3 Å². The first kappa shape index (κ1) is 16.3. The molecule has 0 amide bonds. The second-order valence-electron chi connectivity index (χ2n) is 4.53. The summed E-state index contributed by atoms with van der Waals surface area (Å²) in [7, 11) is 0. The van der Waals surface area contributed by atoms with Crippen LogP contribution in [-0.2, 0) is 9.59 Å². The van der Waals surface area contributed by atoms with E-state index in [0.717, 1.165) is 0 Å². The van der Waals surface area contributed by atoms with Crippen molar-refractivity contribution < 1.29 is 19.5 Å². The first-order chi connectivity index (χ1) is 9.41. The molecule has 0 aliphatic rings. The Bertz CT molecular complexity index is 516. The fraction of sp³-hybridized carbons (Fsp3) is 0.429. The molecule has 0 saturated heterocycles. The first-order valence-corrected chi connectivity index (χ1v) is 6.67. The molecule has 0 saturated carbocycles. The van der Waals surface area contributed by atoms with Crippen molar-refractivity contribution in [1.82, 2.24) is 4.98 Å². The fourth-order valence-corrected chi connectivity index (χ4v) is 2.02. The Morgan fingerprint density at radius 1 is 1.35 bits per heavy atom. The molecule has 108 valence electrons. The van der Waals surface area contributed by atoms with Gasteiger partial charge in [-0.05, 0) is 31.9 Å². The number of nitrogens with zero attached hydrogens (tertiary/aromatic N) is 1. The van der Waals surface area contributed by atoms with Gasteiger partial charge in [0, 0.05) is 17.6 Å². The Balaban J connectivity index is 2.68. The predicted molar refractivity (Wildman–Crippen MR) is 73.9 cm³/mol. The quantitative estimate of drug-likeness (QED) is 0.453. The van der Waals surface area contributed by atoms with Gasteiger partial charge in [0.25, 0.3) is 0 Å². The number of carbonyl (C=O) groups is 3. The van der Waals surface area contributed by atoms with Gasteiger partial charge in [-0.15, -0.1) is 0 Å². The Kier molecular flexibility index (Phi) is 6.31. The molecular weight excluding hydrogens is 282 g/mol. The largest absolute Gasteiger partial charge is 0.481 e. The van der Waals surface area contributed by atoms with Crippen molar-refractivity contribution in [3.63, 3.8) is 0 Å². The van der Waals surface area contributed by atoms with E-state index in [1.807, 2.05) is 0 Å². The molecule has 0 spiro atoms. The minimum Gasteiger partial charge on any atom is -0.481 e. The third kappa shape index (κ3) is 5.09. The van der Waals surface area contributed by atoms with Crippen LogP contribution in [-0.4, -0.2) is 27.6 Å². The van der Waals surface area contributed by atoms with Crippen molar-refractivity contribution in [1.29, 1.82) is 0 Å². The minimum absolute atomic E-state index is 0.0359. The maximum absolute atomic E-state index is 12.2. The predicted octanol–water partition coefficient (Wildman–Crippen LogP) is 2.77. The van der Waals surface area contributed by atoms with Crippen LogP contribution < -0.4 is 0 Å². The molecule has 0 fully saturated rings. The number of rotatable bonds is 8. The maximum Gasteiger partial charge on any atom is 0.303 e. The van der Waals surface area contributed by atoms with E-state index >= 15 is 0 Å². The van der Waals surface area contributed by atoms with Crippen molar-refractivity contribution in [3.8, 4) is 0 Å². The summed E-state index contributed by atoms with van der Waals surface area (Å²) in [6.07, 6.45) is 2.72. The standard InChI is InChI=1S/C14H16ClNO4/c1-9(17)11(4-2-3-5-13(18)19)14(20)12-8-10(15)6-7-16-12/h6-8,11H,2-5H2,1H3,(H,18,19). The summed E-state index contributed by atoms with van der Waals surface area (Å²) in [6, 6.07) is 2.98. The molecule has 1 unspecified atom stereocenters. The first-order valence-electron chi connectivity index (χ1n) is 6.30. The van der Waals surface area contributed by atoms with Crippen LogP contribution in [0.25, 0.3) is 0 Å². The lowest BCUT2D eigenvalue weighted by atomic mass is 9.91. The van der Waals surface area contributed by atoms with Gasteiger partial charge in [-0.25, -0.2) is 0 Å². The zero-order valence-corrected chi connectivity index (χ0v) is 11.9. The molecule has 1 heterocycles. The molecule has 0 aliphatic heterocycles. The van der Waals surface area contributed by atoms with Gasteiger partial charge < -0.3 is 5.11 Å². The number of aromatic nitrogens is 1. The minimum atomic E-state index is -0.882. The number of hydrogen-bond acceptors (Lipinski definition) is 4. The van der Waals surface area contributed by atoms with Crippen molar-refractivity contribution in [2.45, 2.75) is 32.6 Å². The Labute approximate surface area is 122 Å². The topological polar surface area (TPSA) is 84.3 Å². The highest BCUT2D eigenvalue weighted by molar-refractivity contribution is 6.31. The molecule has 1 rings (SSSR count). The molecule has 0 bridgehead atoms. The highest BCUT2D eigenvalue weighted by Crippen LogP contribution is 2.18. The molecule has 0 radical (unpaired) electrons. The zero-order valence-electron chi connectivity index (χ0n) is 11.1. The van der Waals surface area contributed by atoms with Crippen LogP contribution in [0.2, 0.25) is 5.02 Å². The van der Waals surface area contributed by atoms with Gasteiger partial charge >= 0.3 is 5.97 Å². The molecule has 6 heteroatoms. The number of pyridine rings is 1. The van der Waals surface area contributed by atoms with Crippen LogP contribution in [0, 0.1) is 5.92 Å². The monoisotopic (exact) mass is 297 g/mol. The number of hydrogen-bond donors (Lipinski definition) is 1. The SMILES string of the molecule is CC(=O)C(CCCCC(=O)O)C(=O)c1cc(Cl)ccn1. The summed E-state index contributed by atoms with van der Waals surface area (Å²) in [6.45, 7) is 1.35. The summed E-state index contributed by atoms with van der Waals surface area (Å²) >= 11 is 5.79. The number of ketones is 2. The van der Waals surface area contributed by atoms with E-state index in [1.54, 1.807) is 6.07 Å². The fourth-order valence-electron chi connectivity index (χ4n) is 1.86. The number of halogens is 1. The van der Waals surface area contributed by atoms with Gasteiger partial charge in [0.2, 0.25) is 0 Å².